The van der Waals surface area contributed by atoms with Crippen LogP contribution >= 0.6 is 0 Å². The minimum absolute atomic E-state index is 0.0844. The highest BCUT2D eigenvalue weighted by Crippen LogP contribution is 2.16. The zero-order valence-corrected chi connectivity index (χ0v) is 13.3. The van der Waals surface area contributed by atoms with Gasteiger partial charge in [0.15, 0.2) is 6.04 Å². The number of aliphatic carboxylic acids is 1. The van der Waals surface area contributed by atoms with Gasteiger partial charge in [-0.2, -0.15) is 0 Å². The van der Waals surface area contributed by atoms with Crippen LogP contribution in [0.25, 0.3) is 0 Å². The van der Waals surface area contributed by atoms with Gasteiger partial charge in [-0.05, 0) is 37.5 Å². The molecular formula is C17H23NO4. The van der Waals surface area contributed by atoms with E-state index in [-0.39, 0.29) is 25.5 Å². The molecule has 22 heavy (non-hydrogen) atoms. The molecule has 0 fully saturated rings. The van der Waals surface area contributed by atoms with E-state index in [4.69, 9.17) is 9.84 Å². The minimum atomic E-state index is -1.12. The maximum absolute atomic E-state index is 12.1. The standard InChI is InChI=1S/C17H23NO4/c1-5-6-22-10-15(17(20)21)18-16(19)9-14-12(3)7-11(2)8-13(14)4/h5,7-8,15H,1,6,9-10H2,2-4H3,(H,18,19)(H,20,21). The summed E-state index contributed by atoms with van der Waals surface area (Å²) in [5.74, 6) is -1.44. The highest BCUT2D eigenvalue weighted by atomic mass is 16.5. The third-order valence-electron chi connectivity index (χ3n) is 3.33. The van der Waals surface area contributed by atoms with E-state index in [2.05, 4.69) is 11.9 Å². The molecule has 1 rings (SSSR count). The van der Waals surface area contributed by atoms with Crippen molar-refractivity contribution >= 4 is 11.9 Å². The molecule has 5 nitrogen and oxygen atoms in total. The van der Waals surface area contributed by atoms with Crippen molar-refractivity contribution in [3.8, 4) is 0 Å². The maximum atomic E-state index is 12.1. The summed E-state index contributed by atoms with van der Waals surface area (Å²) in [6.45, 7) is 9.55. The van der Waals surface area contributed by atoms with Gasteiger partial charge in [-0.15, -0.1) is 6.58 Å². The smallest absolute Gasteiger partial charge is 0.328 e. The lowest BCUT2D eigenvalue weighted by Gasteiger charge is -2.16. The van der Waals surface area contributed by atoms with Gasteiger partial charge in [0.05, 0.1) is 19.6 Å². The Morgan fingerprint density at radius 3 is 2.41 bits per heavy atom. The molecule has 0 aromatic heterocycles. The molecule has 0 saturated carbocycles. The number of aryl methyl sites for hydroxylation is 3. The number of benzene rings is 1. The lowest BCUT2D eigenvalue weighted by molar-refractivity contribution is -0.143. The van der Waals surface area contributed by atoms with Crippen LogP contribution in [0.3, 0.4) is 0 Å². The summed E-state index contributed by atoms with van der Waals surface area (Å²) in [4.78, 5) is 23.2. The molecule has 1 unspecified atom stereocenters. The lowest BCUT2D eigenvalue weighted by atomic mass is 9.97. The van der Waals surface area contributed by atoms with Gasteiger partial charge in [0.2, 0.25) is 5.91 Å². The second kappa shape index (κ2) is 8.34. The molecule has 2 N–H and O–H groups in total. The highest BCUT2D eigenvalue weighted by Gasteiger charge is 2.20. The van der Waals surface area contributed by atoms with Crippen LogP contribution in [0.1, 0.15) is 22.3 Å². The van der Waals surface area contributed by atoms with Gasteiger partial charge in [-0.1, -0.05) is 23.8 Å². The number of hydrogen-bond acceptors (Lipinski definition) is 3. The number of amides is 1. The third kappa shape index (κ3) is 5.33. The molecule has 0 aliphatic carbocycles. The monoisotopic (exact) mass is 305 g/mol. The Morgan fingerprint density at radius 2 is 1.91 bits per heavy atom. The van der Waals surface area contributed by atoms with E-state index >= 15 is 0 Å². The van der Waals surface area contributed by atoms with Crippen LogP contribution in [0, 0.1) is 20.8 Å². The Bertz CT molecular complexity index is 543. The van der Waals surface area contributed by atoms with Gasteiger partial charge < -0.3 is 15.2 Å². The van der Waals surface area contributed by atoms with Crippen LogP contribution in [0.5, 0.6) is 0 Å². The molecule has 120 valence electrons. The zero-order chi connectivity index (χ0) is 16.7. The Kier molecular flexibility index (Phi) is 6.79. The van der Waals surface area contributed by atoms with Crippen molar-refractivity contribution < 1.29 is 19.4 Å². The number of rotatable bonds is 8. The molecular weight excluding hydrogens is 282 g/mol. The molecule has 5 heteroatoms. The van der Waals surface area contributed by atoms with Crippen molar-refractivity contribution in [3.63, 3.8) is 0 Å². The fourth-order valence-electron chi connectivity index (χ4n) is 2.34. The molecule has 1 aromatic rings. The third-order valence-corrected chi connectivity index (χ3v) is 3.33. The van der Waals surface area contributed by atoms with E-state index in [0.29, 0.717) is 0 Å². The SMILES string of the molecule is C=CCOCC(NC(=O)Cc1c(C)cc(C)cc1C)C(=O)O. The molecule has 0 spiro atoms. The second-order valence-corrected chi connectivity index (χ2v) is 5.34. The van der Waals surface area contributed by atoms with Crippen molar-refractivity contribution in [3.05, 3.63) is 47.0 Å². The van der Waals surface area contributed by atoms with Crippen molar-refractivity contribution in [2.75, 3.05) is 13.2 Å². The van der Waals surface area contributed by atoms with E-state index in [1.165, 1.54) is 6.08 Å². The first-order valence-electron chi connectivity index (χ1n) is 7.12. The van der Waals surface area contributed by atoms with Crippen LogP contribution in [-0.2, 0) is 20.7 Å². The average Bonchev–Trinajstić information content (AvgIpc) is 2.41. The molecule has 1 amide bonds. The maximum Gasteiger partial charge on any atom is 0.328 e. The molecule has 0 radical (unpaired) electrons. The molecule has 0 aliphatic heterocycles. The summed E-state index contributed by atoms with van der Waals surface area (Å²) < 4.78 is 5.11. The summed E-state index contributed by atoms with van der Waals surface area (Å²) in [7, 11) is 0. The quantitative estimate of drug-likeness (QED) is 0.568. The summed E-state index contributed by atoms with van der Waals surface area (Å²) in [5, 5.41) is 11.6. The Morgan fingerprint density at radius 1 is 1.32 bits per heavy atom. The average molecular weight is 305 g/mol. The van der Waals surface area contributed by atoms with Gasteiger partial charge >= 0.3 is 5.97 Å². The lowest BCUT2D eigenvalue weighted by Crippen LogP contribution is -2.44. The van der Waals surface area contributed by atoms with E-state index in [0.717, 1.165) is 22.3 Å². The summed E-state index contributed by atoms with van der Waals surface area (Å²) in [5.41, 5.74) is 4.13. The topological polar surface area (TPSA) is 75.6 Å². The van der Waals surface area contributed by atoms with Gasteiger partial charge in [0, 0.05) is 0 Å². The van der Waals surface area contributed by atoms with Gasteiger partial charge in [0.25, 0.3) is 0 Å². The number of hydrogen-bond donors (Lipinski definition) is 2. The first-order valence-corrected chi connectivity index (χ1v) is 7.12. The fourth-order valence-corrected chi connectivity index (χ4v) is 2.34. The first kappa shape index (κ1) is 17.9. The molecule has 0 saturated heterocycles. The van der Waals surface area contributed by atoms with Crippen molar-refractivity contribution in [1.29, 1.82) is 0 Å². The summed E-state index contributed by atoms with van der Waals surface area (Å²) in [6, 6.07) is 2.97. The Hall–Kier alpha value is -2.14. The Balaban J connectivity index is 2.71. The van der Waals surface area contributed by atoms with E-state index in [9.17, 15) is 9.59 Å². The van der Waals surface area contributed by atoms with Gasteiger partial charge in [0.1, 0.15) is 0 Å². The van der Waals surface area contributed by atoms with E-state index in [1.54, 1.807) is 0 Å². The predicted octanol–water partition coefficient (Wildman–Crippen LogP) is 1.93. The molecule has 0 heterocycles. The fraction of sp³-hybridized carbons (Fsp3) is 0.412. The molecule has 0 bridgehead atoms. The normalized spacial score (nSPS) is 11.8. The van der Waals surface area contributed by atoms with Crippen LogP contribution in [0.15, 0.2) is 24.8 Å². The summed E-state index contributed by atoms with van der Waals surface area (Å²) in [6.07, 6.45) is 1.68. The van der Waals surface area contributed by atoms with Gasteiger partial charge in [-0.25, -0.2) is 4.79 Å². The Labute approximate surface area is 131 Å². The predicted molar refractivity (Wildman–Crippen MR) is 84.9 cm³/mol. The van der Waals surface area contributed by atoms with Gasteiger partial charge in [-0.3, -0.25) is 4.79 Å². The number of ether oxygens (including phenoxy) is 1. The van der Waals surface area contributed by atoms with Crippen molar-refractivity contribution in [2.45, 2.75) is 33.2 Å². The summed E-state index contributed by atoms with van der Waals surface area (Å²) >= 11 is 0. The molecule has 1 atom stereocenters. The molecule has 1 aromatic carbocycles. The first-order chi connectivity index (χ1) is 10.3. The highest BCUT2D eigenvalue weighted by molar-refractivity contribution is 5.85. The zero-order valence-electron chi connectivity index (χ0n) is 13.3. The number of carboxylic acid groups (broad SMARTS) is 1. The molecule has 0 aliphatic rings. The van der Waals surface area contributed by atoms with Crippen LogP contribution in [-0.4, -0.2) is 36.2 Å². The number of carbonyl (C=O) groups excluding carboxylic acids is 1. The number of nitrogens with one attached hydrogen (secondary N) is 1. The van der Waals surface area contributed by atoms with Crippen molar-refractivity contribution in [2.24, 2.45) is 0 Å². The number of carbonyl (C=O) groups is 2. The second-order valence-electron chi connectivity index (χ2n) is 5.34. The van der Waals surface area contributed by atoms with Crippen molar-refractivity contribution in [1.82, 2.24) is 5.32 Å². The minimum Gasteiger partial charge on any atom is -0.480 e. The van der Waals surface area contributed by atoms with E-state index in [1.807, 2.05) is 32.9 Å². The number of carboxylic acids is 1. The largest absolute Gasteiger partial charge is 0.480 e. The van der Waals surface area contributed by atoms with Crippen LogP contribution in [0.4, 0.5) is 0 Å². The van der Waals surface area contributed by atoms with Crippen LogP contribution < -0.4 is 5.32 Å². The van der Waals surface area contributed by atoms with Crippen LogP contribution in [0.2, 0.25) is 0 Å². The van der Waals surface area contributed by atoms with E-state index < -0.39 is 12.0 Å².